The summed E-state index contributed by atoms with van der Waals surface area (Å²) in [6.07, 6.45) is 1.66. The molecule has 0 aliphatic carbocycles. The molecule has 0 fully saturated rings. The van der Waals surface area contributed by atoms with Gasteiger partial charge in [-0.2, -0.15) is 0 Å². The van der Waals surface area contributed by atoms with Gasteiger partial charge in [0.15, 0.2) is 12.1 Å². The van der Waals surface area contributed by atoms with E-state index in [-0.39, 0.29) is 11.8 Å². The summed E-state index contributed by atoms with van der Waals surface area (Å²) in [6, 6.07) is 2.66. The highest BCUT2D eigenvalue weighted by molar-refractivity contribution is 5.88. The number of nitrogens with one attached hydrogen (secondary N) is 1. The van der Waals surface area contributed by atoms with Crippen molar-refractivity contribution in [2.24, 2.45) is 0 Å². The number of fused-ring (bicyclic) bond motifs is 1. The molecule has 2 nitrogen and oxygen atoms in total. The van der Waals surface area contributed by atoms with Crippen LogP contribution in [0.15, 0.2) is 18.3 Å². The standard InChI is InChI=1S/C9H5F2NO/c10-7-3-5-1-2-12-9(5)8(11)6(7)4-13/h1-4,12H. The molecule has 0 atom stereocenters. The van der Waals surface area contributed by atoms with Crippen LogP contribution >= 0.6 is 0 Å². The molecule has 0 aliphatic rings. The number of benzene rings is 1. The number of H-pyrrole nitrogens is 1. The molecule has 0 unspecified atom stereocenters. The second kappa shape index (κ2) is 2.65. The number of hydrogen-bond acceptors (Lipinski definition) is 1. The summed E-state index contributed by atoms with van der Waals surface area (Å²) in [4.78, 5) is 12.9. The molecule has 0 bridgehead atoms. The minimum Gasteiger partial charge on any atom is -0.359 e. The molecule has 0 radical (unpaired) electrons. The van der Waals surface area contributed by atoms with E-state index in [2.05, 4.69) is 4.98 Å². The van der Waals surface area contributed by atoms with Crippen LogP contribution in [0.5, 0.6) is 0 Å². The van der Waals surface area contributed by atoms with E-state index in [0.717, 1.165) is 6.07 Å². The van der Waals surface area contributed by atoms with E-state index >= 15 is 0 Å². The Kier molecular flexibility index (Phi) is 1.62. The first-order valence-corrected chi connectivity index (χ1v) is 3.64. The maximum atomic E-state index is 13.3. The average Bonchev–Trinajstić information content (AvgIpc) is 2.53. The summed E-state index contributed by atoms with van der Waals surface area (Å²) in [6.45, 7) is 0. The van der Waals surface area contributed by atoms with Gasteiger partial charge in [-0.1, -0.05) is 0 Å². The summed E-state index contributed by atoms with van der Waals surface area (Å²) < 4.78 is 26.2. The van der Waals surface area contributed by atoms with Crippen LogP contribution < -0.4 is 0 Å². The lowest BCUT2D eigenvalue weighted by atomic mass is 10.1. The van der Waals surface area contributed by atoms with Gasteiger partial charge in [0.05, 0.1) is 11.1 Å². The zero-order valence-corrected chi connectivity index (χ0v) is 6.47. The average molecular weight is 181 g/mol. The number of aromatic amines is 1. The van der Waals surface area contributed by atoms with Crippen LogP contribution in [0.1, 0.15) is 10.4 Å². The van der Waals surface area contributed by atoms with Gasteiger partial charge in [-0.3, -0.25) is 4.79 Å². The minimum absolute atomic E-state index is 0.156. The molecule has 66 valence electrons. The predicted octanol–water partition coefficient (Wildman–Crippen LogP) is 2.26. The fourth-order valence-electron chi connectivity index (χ4n) is 1.25. The van der Waals surface area contributed by atoms with Gasteiger partial charge in [-0.15, -0.1) is 0 Å². The van der Waals surface area contributed by atoms with Gasteiger partial charge in [-0.25, -0.2) is 8.78 Å². The zero-order chi connectivity index (χ0) is 9.42. The van der Waals surface area contributed by atoms with Crippen molar-refractivity contribution < 1.29 is 13.6 Å². The Bertz CT molecular complexity index is 476. The molecular weight excluding hydrogens is 176 g/mol. The van der Waals surface area contributed by atoms with Gasteiger partial charge >= 0.3 is 0 Å². The summed E-state index contributed by atoms with van der Waals surface area (Å²) in [5, 5.41) is 0.417. The van der Waals surface area contributed by atoms with Crippen LogP contribution in [0.4, 0.5) is 8.78 Å². The summed E-state index contributed by atoms with van der Waals surface area (Å²) in [5.74, 6) is -1.67. The fourth-order valence-corrected chi connectivity index (χ4v) is 1.25. The number of carbonyl (C=O) groups excluding carboxylic acids is 1. The summed E-state index contributed by atoms with van der Waals surface area (Å²) in [7, 11) is 0. The fraction of sp³-hybridized carbons (Fsp3) is 0. The van der Waals surface area contributed by atoms with Crippen molar-refractivity contribution in [1.82, 2.24) is 4.98 Å². The summed E-state index contributed by atoms with van der Waals surface area (Å²) >= 11 is 0. The second-order valence-electron chi connectivity index (χ2n) is 2.65. The molecule has 0 saturated carbocycles. The lowest BCUT2D eigenvalue weighted by molar-refractivity contribution is 0.111. The number of aromatic nitrogens is 1. The zero-order valence-electron chi connectivity index (χ0n) is 6.47. The molecule has 1 heterocycles. The van der Waals surface area contributed by atoms with Crippen LogP contribution in [0.25, 0.3) is 10.9 Å². The first-order valence-electron chi connectivity index (χ1n) is 3.64. The highest BCUT2D eigenvalue weighted by atomic mass is 19.1. The van der Waals surface area contributed by atoms with E-state index in [0.29, 0.717) is 5.39 Å². The number of carbonyl (C=O) groups is 1. The van der Waals surface area contributed by atoms with Crippen molar-refractivity contribution in [3.8, 4) is 0 Å². The first kappa shape index (κ1) is 7.91. The van der Waals surface area contributed by atoms with E-state index in [4.69, 9.17) is 0 Å². The molecule has 1 aromatic heterocycles. The molecule has 0 saturated heterocycles. The Morgan fingerprint density at radius 3 is 2.85 bits per heavy atom. The molecule has 13 heavy (non-hydrogen) atoms. The molecule has 4 heteroatoms. The Balaban J connectivity index is 2.92. The van der Waals surface area contributed by atoms with E-state index in [9.17, 15) is 13.6 Å². The van der Waals surface area contributed by atoms with Gasteiger partial charge in [0, 0.05) is 11.6 Å². The van der Waals surface area contributed by atoms with Gasteiger partial charge in [0.1, 0.15) is 5.82 Å². The number of halogens is 2. The van der Waals surface area contributed by atoms with Crippen molar-refractivity contribution in [2.75, 3.05) is 0 Å². The SMILES string of the molecule is O=Cc1c(F)cc2cc[nH]c2c1F. The van der Waals surface area contributed by atoms with Gasteiger partial charge in [-0.05, 0) is 12.1 Å². The van der Waals surface area contributed by atoms with E-state index in [1.54, 1.807) is 0 Å². The molecule has 2 aromatic rings. The third-order valence-electron chi connectivity index (χ3n) is 1.89. The maximum Gasteiger partial charge on any atom is 0.160 e. The summed E-state index contributed by atoms with van der Waals surface area (Å²) in [5.41, 5.74) is -0.376. The first-order chi connectivity index (χ1) is 6.24. The third-order valence-corrected chi connectivity index (χ3v) is 1.89. The van der Waals surface area contributed by atoms with E-state index in [1.807, 2.05) is 0 Å². The Morgan fingerprint density at radius 2 is 2.15 bits per heavy atom. The lowest BCUT2D eigenvalue weighted by Gasteiger charge is -1.98. The maximum absolute atomic E-state index is 13.3. The smallest absolute Gasteiger partial charge is 0.160 e. The quantitative estimate of drug-likeness (QED) is 0.672. The van der Waals surface area contributed by atoms with Crippen LogP contribution in [-0.2, 0) is 0 Å². The topological polar surface area (TPSA) is 32.9 Å². The molecule has 0 spiro atoms. The Morgan fingerprint density at radius 1 is 1.38 bits per heavy atom. The van der Waals surface area contributed by atoms with Gasteiger partial charge in [0.2, 0.25) is 0 Å². The minimum atomic E-state index is -0.838. The third kappa shape index (κ3) is 1.02. The van der Waals surface area contributed by atoms with Crippen LogP contribution in [0.2, 0.25) is 0 Å². The molecule has 0 amide bonds. The molecule has 2 rings (SSSR count). The van der Waals surface area contributed by atoms with Crippen molar-refractivity contribution in [3.05, 3.63) is 35.5 Å². The Labute approximate surface area is 72.2 Å². The van der Waals surface area contributed by atoms with Crippen LogP contribution in [-0.4, -0.2) is 11.3 Å². The van der Waals surface area contributed by atoms with Crippen molar-refractivity contribution in [2.45, 2.75) is 0 Å². The van der Waals surface area contributed by atoms with Crippen LogP contribution in [0, 0.1) is 11.6 Å². The Hall–Kier alpha value is -1.71. The second-order valence-corrected chi connectivity index (χ2v) is 2.65. The van der Waals surface area contributed by atoms with Gasteiger partial charge in [0.25, 0.3) is 0 Å². The normalized spacial score (nSPS) is 10.6. The highest BCUT2D eigenvalue weighted by Gasteiger charge is 2.12. The number of hydrogen-bond donors (Lipinski definition) is 1. The predicted molar refractivity (Wildman–Crippen MR) is 43.6 cm³/mol. The molecule has 1 N–H and O–H groups in total. The van der Waals surface area contributed by atoms with E-state index in [1.165, 1.54) is 12.3 Å². The monoisotopic (exact) mass is 181 g/mol. The van der Waals surface area contributed by atoms with Crippen molar-refractivity contribution >= 4 is 17.2 Å². The van der Waals surface area contributed by atoms with Gasteiger partial charge < -0.3 is 4.98 Å². The largest absolute Gasteiger partial charge is 0.359 e. The number of aldehydes is 1. The van der Waals surface area contributed by atoms with Crippen molar-refractivity contribution in [3.63, 3.8) is 0 Å². The number of rotatable bonds is 1. The van der Waals surface area contributed by atoms with E-state index < -0.39 is 17.2 Å². The highest BCUT2D eigenvalue weighted by Crippen LogP contribution is 2.21. The van der Waals surface area contributed by atoms with Crippen LogP contribution in [0.3, 0.4) is 0 Å². The van der Waals surface area contributed by atoms with Crippen molar-refractivity contribution in [1.29, 1.82) is 0 Å². The molecule has 1 aromatic carbocycles. The molecule has 0 aliphatic heterocycles. The molecular formula is C9H5F2NO. The lowest BCUT2D eigenvalue weighted by Crippen LogP contribution is -1.94.